The van der Waals surface area contributed by atoms with Crippen molar-refractivity contribution in [1.29, 1.82) is 0 Å². The van der Waals surface area contributed by atoms with Gasteiger partial charge >= 0.3 is 0 Å². The van der Waals surface area contributed by atoms with Crippen LogP contribution < -0.4 is 9.47 Å². The zero-order valence-corrected chi connectivity index (χ0v) is 18.6. The molecule has 0 saturated carbocycles. The van der Waals surface area contributed by atoms with E-state index in [1.165, 1.54) is 4.90 Å². The monoisotopic (exact) mass is 425 g/mol. The fourth-order valence-corrected chi connectivity index (χ4v) is 3.90. The van der Waals surface area contributed by atoms with E-state index in [-0.39, 0.29) is 23.8 Å². The maximum absolute atomic E-state index is 12.8. The van der Waals surface area contributed by atoms with Gasteiger partial charge in [0, 0.05) is 0 Å². The predicted octanol–water partition coefficient (Wildman–Crippen LogP) is 5.81. The van der Waals surface area contributed by atoms with Gasteiger partial charge in [0.25, 0.3) is 11.1 Å². The summed E-state index contributed by atoms with van der Waals surface area (Å²) >= 11 is 0.964. The number of carbonyl (C=O) groups is 2. The minimum atomic E-state index is -0.274. The molecule has 2 amide bonds. The molecule has 0 radical (unpaired) electrons. The van der Waals surface area contributed by atoms with Crippen molar-refractivity contribution in [3.05, 3.63) is 64.1 Å². The number of nitrogens with zero attached hydrogens (tertiary/aromatic N) is 1. The van der Waals surface area contributed by atoms with Crippen molar-refractivity contribution in [2.24, 2.45) is 0 Å². The molecule has 1 saturated heterocycles. The molecule has 1 aliphatic heterocycles. The third kappa shape index (κ3) is 5.25. The number of ether oxygens (including phenoxy) is 2. The highest BCUT2D eigenvalue weighted by Crippen LogP contribution is 2.35. The number of amides is 2. The van der Waals surface area contributed by atoms with Crippen molar-refractivity contribution < 1.29 is 19.1 Å². The first-order chi connectivity index (χ1) is 14.4. The van der Waals surface area contributed by atoms with Crippen LogP contribution in [0.5, 0.6) is 11.5 Å². The third-order valence-electron chi connectivity index (χ3n) is 4.77. The minimum absolute atomic E-state index is 0.0770. The van der Waals surface area contributed by atoms with Gasteiger partial charge in [0.05, 0.1) is 24.2 Å². The number of carbonyl (C=O) groups excluding carboxylic acids is 2. The summed E-state index contributed by atoms with van der Waals surface area (Å²) in [6.07, 6.45) is 2.70. The maximum Gasteiger partial charge on any atom is 0.293 e. The molecule has 0 N–H and O–H groups in total. The Balaban J connectivity index is 1.81. The number of thioether (sulfide) groups is 1. The molecule has 0 bridgehead atoms. The van der Waals surface area contributed by atoms with E-state index in [4.69, 9.17) is 9.47 Å². The molecule has 5 nitrogen and oxygen atoms in total. The number of aryl methyl sites for hydroxylation is 1. The summed E-state index contributed by atoms with van der Waals surface area (Å²) in [5, 5.41) is -0.255. The van der Waals surface area contributed by atoms with E-state index in [0.717, 1.165) is 34.9 Å². The van der Waals surface area contributed by atoms with E-state index in [9.17, 15) is 9.59 Å². The van der Waals surface area contributed by atoms with Crippen LogP contribution in [0.25, 0.3) is 6.08 Å². The molecule has 30 heavy (non-hydrogen) atoms. The maximum atomic E-state index is 12.8. The Kier molecular flexibility index (Phi) is 7.21. The van der Waals surface area contributed by atoms with E-state index in [1.54, 1.807) is 6.08 Å². The Labute approximate surface area is 182 Å². The van der Waals surface area contributed by atoms with Crippen LogP contribution in [0.4, 0.5) is 4.79 Å². The first-order valence-electron chi connectivity index (χ1n) is 10.2. The van der Waals surface area contributed by atoms with Crippen molar-refractivity contribution in [1.82, 2.24) is 4.90 Å². The van der Waals surface area contributed by atoms with Gasteiger partial charge in [-0.3, -0.25) is 14.5 Å². The van der Waals surface area contributed by atoms with E-state index < -0.39 is 0 Å². The largest absolute Gasteiger partial charge is 0.490 e. The van der Waals surface area contributed by atoms with Crippen LogP contribution in [-0.2, 0) is 11.3 Å². The predicted molar refractivity (Wildman–Crippen MR) is 121 cm³/mol. The van der Waals surface area contributed by atoms with Crippen molar-refractivity contribution >= 4 is 29.0 Å². The Bertz CT molecular complexity index is 969. The van der Waals surface area contributed by atoms with Gasteiger partial charge in [-0.2, -0.15) is 0 Å². The lowest BCUT2D eigenvalue weighted by atomic mass is 10.1. The number of rotatable bonds is 8. The summed E-state index contributed by atoms with van der Waals surface area (Å²) in [6, 6.07) is 13.4. The fraction of sp³-hybridized carbons (Fsp3) is 0.333. The van der Waals surface area contributed by atoms with Crippen molar-refractivity contribution in [2.75, 3.05) is 6.61 Å². The second kappa shape index (κ2) is 9.85. The first-order valence-corrected chi connectivity index (χ1v) is 11.0. The van der Waals surface area contributed by atoms with Crippen LogP contribution in [0.2, 0.25) is 0 Å². The van der Waals surface area contributed by atoms with Crippen molar-refractivity contribution in [2.45, 2.75) is 46.8 Å². The van der Waals surface area contributed by atoms with Crippen LogP contribution in [-0.4, -0.2) is 28.8 Å². The lowest BCUT2D eigenvalue weighted by molar-refractivity contribution is -0.123. The second-order valence-corrected chi connectivity index (χ2v) is 8.23. The molecule has 1 fully saturated rings. The zero-order chi connectivity index (χ0) is 21.7. The lowest BCUT2D eigenvalue weighted by Crippen LogP contribution is -2.27. The second-order valence-electron chi connectivity index (χ2n) is 7.23. The molecule has 0 spiro atoms. The van der Waals surface area contributed by atoms with Gasteiger partial charge in [0.2, 0.25) is 0 Å². The molecule has 0 unspecified atom stereocenters. The Morgan fingerprint density at radius 2 is 1.90 bits per heavy atom. The summed E-state index contributed by atoms with van der Waals surface area (Å²) in [7, 11) is 0. The number of hydrogen-bond donors (Lipinski definition) is 0. The molecule has 3 rings (SSSR count). The van der Waals surface area contributed by atoms with Crippen LogP contribution in [0.3, 0.4) is 0 Å². The van der Waals surface area contributed by atoms with E-state index in [0.29, 0.717) is 23.0 Å². The molecular weight excluding hydrogens is 398 g/mol. The normalized spacial score (nSPS) is 16.3. The molecule has 6 heteroatoms. The summed E-state index contributed by atoms with van der Waals surface area (Å²) in [5.41, 5.74) is 2.82. The van der Waals surface area contributed by atoms with E-state index in [1.807, 2.05) is 63.2 Å². The standard InChI is InChI=1S/C24H27NO4S/c1-5-17(4)29-20-11-10-18(13-21(20)28-6-2)14-22-23(26)25(24(27)30-22)15-19-9-7-8-16(3)12-19/h7-14,17H,5-6,15H2,1-4H3/b22-14+/t17-/m1/s1. The summed E-state index contributed by atoms with van der Waals surface area (Å²) in [6.45, 7) is 8.75. The van der Waals surface area contributed by atoms with Crippen LogP contribution >= 0.6 is 11.8 Å². The van der Waals surface area contributed by atoms with E-state index in [2.05, 4.69) is 6.92 Å². The van der Waals surface area contributed by atoms with Crippen LogP contribution in [0, 0.1) is 6.92 Å². The molecule has 0 aliphatic carbocycles. The Morgan fingerprint density at radius 3 is 2.60 bits per heavy atom. The average Bonchev–Trinajstić information content (AvgIpc) is 2.97. The van der Waals surface area contributed by atoms with Gasteiger partial charge in [-0.05, 0) is 68.3 Å². The lowest BCUT2D eigenvalue weighted by Gasteiger charge is -2.16. The number of hydrogen-bond acceptors (Lipinski definition) is 5. The highest BCUT2D eigenvalue weighted by Gasteiger charge is 2.35. The quantitative estimate of drug-likeness (QED) is 0.500. The van der Waals surface area contributed by atoms with Gasteiger partial charge < -0.3 is 9.47 Å². The zero-order valence-electron chi connectivity index (χ0n) is 17.8. The molecule has 2 aromatic rings. The van der Waals surface area contributed by atoms with Crippen LogP contribution in [0.15, 0.2) is 47.4 Å². The molecule has 1 atom stereocenters. The molecule has 1 heterocycles. The highest BCUT2D eigenvalue weighted by atomic mass is 32.2. The molecule has 1 aliphatic rings. The smallest absolute Gasteiger partial charge is 0.293 e. The number of benzene rings is 2. The number of imide groups is 1. The summed E-state index contributed by atoms with van der Waals surface area (Å²) in [5.74, 6) is 1.03. The SMILES string of the molecule is CCOc1cc(/C=C2/SC(=O)N(Cc3cccc(C)c3)C2=O)ccc1O[C@H](C)CC. The van der Waals surface area contributed by atoms with E-state index >= 15 is 0 Å². The summed E-state index contributed by atoms with van der Waals surface area (Å²) in [4.78, 5) is 27.0. The average molecular weight is 426 g/mol. The fourth-order valence-electron chi connectivity index (χ4n) is 3.06. The molecule has 158 valence electrons. The summed E-state index contributed by atoms with van der Waals surface area (Å²) < 4.78 is 11.6. The minimum Gasteiger partial charge on any atom is -0.490 e. The Morgan fingerprint density at radius 1 is 1.10 bits per heavy atom. The third-order valence-corrected chi connectivity index (χ3v) is 5.67. The Hall–Kier alpha value is -2.73. The van der Waals surface area contributed by atoms with Crippen molar-refractivity contribution in [3.8, 4) is 11.5 Å². The van der Waals surface area contributed by atoms with Gasteiger partial charge in [0.15, 0.2) is 11.5 Å². The molecular formula is C24H27NO4S. The first kappa shape index (κ1) is 22.0. The molecule has 0 aromatic heterocycles. The van der Waals surface area contributed by atoms with Gasteiger partial charge in [-0.1, -0.05) is 42.8 Å². The van der Waals surface area contributed by atoms with Crippen molar-refractivity contribution in [3.63, 3.8) is 0 Å². The highest BCUT2D eigenvalue weighted by molar-refractivity contribution is 8.18. The van der Waals surface area contributed by atoms with Gasteiger partial charge in [-0.25, -0.2) is 0 Å². The van der Waals surface area contributed by atoms with Gasteiger partial charge in [-0.15, -0.1) is 0 Å². The van der Waals surface area contributed by atoms with Gasteiger partial charge in [0.1, 0.15) is 0 Å². The van der Waals surface area contributed by atoms with Crippen LogP contribution in [0.1, 0.15) is 43.9 Å². The molecule has 2 aromatic carbocycles. The topological polar surface area (TPSA) is 55.8 Å².